The Morgan fingerprint density at radius 1 is 1.09 bits per heavy atom. The van der Waals surface area contributed by atoms with Crippen molar-refractivity contribution < 1.29 is 14.3 Å². The summed E-state index contributed by atoms with van der Waals surface area (Å²) in [6.07, 6.45) is 0.419. The summed E-state index contributed by atoms with van der Waals surface area (Å²) in [6, 6.07) is 15.8. The Morgan fingerprint density at radius 2 is 1.76 bits per heavy atom. The largest absolute Gasteiger partial charge is 0.497 e. The Balaban J connectivity index is 1.62. The van der Waals surface area contributed by atoms with Crippen molar-refractivity contribution in [1.82, 2.24) is 14.9 Å². The van der Waals surface area contributed by atoms with Gasteiger partial charge in [-0.25, -0.2) is 4.79 Å². The third kappa shape index (κ3) is 5.71. The minimum Gasteiger partial charge on any atom is -0.497 e. The molecule has 0 saturated carbocycles. The number of nitrogens with zero attached hydrogens (tertiary/aromatic N) is 2. The van der Waals surface area contributed by atoms with Crippen LogP contribution in [-0.4, -0.2) is 42.1 Å². The molecule has 0 unspecified atom stereocenters. The molecule has 3 rings (SSSR count). The molecule has 0 radical (unpaired) electrons. The highest BCUT2D eigenvalue weighted by molar-refractivity contribution is 5.95. The molecule has 2 aromatic carbocycles. The van der Waals surface area contributed by atoms with Gasteiger partial charge in [0.15, 0.2) is 5.69 Å². The van der Waals surface area contributed by atoms with Gasteiger partial charge in [0.1, 0.15) is 11.6 Å². The highest BCUT2D eigenvalue weighted by atomic mass is 16.5. The van der Waals surface area contributed by atoms with E-state index in [-0.39, 0.29) is 42.8 Å². The standard InChI is InChI=1S/C24H27N5O5/c1-28(19(30)9-6-14-26-22(31)17-10-12-18(34-2)13-11-17)20-21(25)29(24(33)27-23(20)32)15-16-7-4-3-5-8-16/h3-5,7-8,10-13H,6,9,14-15,25H2,1-2H3,(H,26,31)(H,27,32,33). The van der Waals surface area contributed by atoms with Crippen molar-refractivity contribution in [2.45, 2.75) is 19.4 Å². The molecule has 10 heteroatoms. The number of hydrogen-bond acceptors (Lipinski definition) is 6. The van der Waals surface area contributed by atoms with Crippen molar-refractivity contribution in [3.63, 3.8) is 0 Å². The molecular formula is C24H27N5O5. The van der Waals surface area contributed by atoms with Gasteiger partial charge in [-0.2, -0.15) is 0 Å². The van der Waals surface area contributed by atoms with Gasteiger partial charge in [0.2, 0.25) is 5.91 Å². The summed E-state index contributed by atoms with van der Waals surface area (Å²) in [5.41, 5.74) is 5.94. The quantitative estimate of drug-likeness (QED) is 0.408. The molecule has 0 saturated heterocycles. The predicted octanol–water partition coefficient (Wildman–Crippen LogP) is 1.35. The molecule has 1 heterocycles. The summed E-state index contributed by atoms with van der Waals surface area (Å²) in [5, 5.41) is 2.75. The smallest absolute Gasteiger partial charge is 0.330 e. The molecule has 0 spiro atoms. The molecule has 10 nitrogen and oxygen atoms in total. The molecule has 0 atom stereocenters. The van der Waals surface area contributed by atoms with E-state index >= 15 is 0 Å². The minimum atomic E-state index is -0.740. The lowest BCUT2D eigenvalue weighted by Gasteiger charge is -2.20. The Labute approximate surface area is 196 Å². The van der Waals surface area contributed by atoms with Crippen LogP contribution in [0.2, 0.25) is 0 Å². The number of H-pyrrole nitrogens is 1. The van der Waals surface area contributed by atoms with Crippen LogP contribution >= 0.6 is 0 Å². The van der Waals surface area contributed by atoms with Crippen molar-refractivity contribution in [2.24, 2.45) is 0 Å². The molecule has 34 heavy (non-hydrogen) atoms. The van der Waals surface area contributed by atoms with Gasteiger partial charge in [0.05, 0.1) is 13.7 Å². The van der Waals surface area contributed by atoms with Gasteiger partial charge >= 0.3 is 5.69 Å². The Bertz CT molecular complexity index is 1270. The Kier molecular flexibility index (Phi) is 7.86. The zero-order valence-corrected chi connectivity index (χ0v) is 19.0. The molecule has 178 valence electrons. The second-order valence-electron chi connectivity index (χ2n) is 7.61. The van der Waals surface area contributed by atoms with E-state index in [9.17, 15) is 19.2 Å². The average Bonchev–Trinajstić information content (AvgIpc) is 2.84. The Hall–Kier alpha value is -4.34. The highest BCUT2D eigenvalue weighted by Gasteiger charge is 2.21. The van der Waals surface area contributed by atoms with Crippen LogP contribution in [0.5, 0.6) is 5.75 Å². The first-order chi connectivity index (χ1) is 16.3. The molecule has 0 aliphatic rings. The summed E-state index contributed by atoms with van der Waals surface area (Å²) in [7, 11) is 2.97. The Morgan fingerprint density at radius 3 is 2.41 bits per heavy atom. The topological polar surface area (TPSA) is 140 Å². The number of carbonyl (C=O) groups excluding carboxylic acids is 2. The molecule has 1 aromatic heterocycles. The summed E-state index contributed by atoms with van der Waals surface area (Å²) >= 11 is 0. The molecule has 0 aliphatic heterocycles. The average molecular weight is 466 g/mol. The van der Waals surface area contributed by atoms with Crippen LogP contribution in [0.25, 0.3) is 0 Å². The normalized spacial score (nSPS) is 10.5. The molecule has 0 aliphatic carbocycles. The van der Waals surface area contributed by atoms with E-state index in [0.717, 1.165) is 10.5 Å². The van der Waals surface area contributed by atoms with Gasteiger partial charge in [0, 0.05) is 25.6 Å². The van der Waals surface area contributed by atoms with E-state index in [0.29, 0.717) is 17.7 Å². The number of aromatic nitrogens is 2. The first-order valence-corrected chi connectivity index (χ1v) is 10.7. The maximum Gasteiger partial charge on any atom is 0.330 e. The van der Waals surface area contributed by atoms with E-state index in [1.807, 2.05) is 30.3 Å². The van der Waals surface area contributed by atoms with E-state index in [4.69, 9.17) is 10.5 Å². The molecule has 2 amide bonds. The molecule has 4 N–H and O–H groups in total. The van der Waals surface area contributed by atoms with Gasteiger partial charge in [-0.05, 0) is 36.2 Å². The zero-order valence-electron chi connectivity index (χ0n) is 19.0. The van der Waals surface area contributed by atoms with Crippen LogP contribution in [-0.2, 0) is 11.3 Å². The number of aromatic amines is 1. The van der Waals surface area contributed by atoms with Gasteiger partial charge in [-0.15, -0.1) is 0 Å². The number of anilines is 2. The second kappa shape index (κ2) is 11.0. The van der Waals surface area contributed by atoms with Gasteiger partial charge in [0.25, 0.3) is 11.5 Å². The highest BCUT2D eigenvalue weighted by Crippen LogP contribution is 2.17. The zero-order chi connectivity index (χ0) is 24.7. The van der Waals surface area contributed by atoms with Crippen LogP contribution in [0.1, 0.15) is 28.8 Å². The molecule has 0 bridgehead atoms. The number of nitrogen functional groups attached to an aromatic ring is 1. The van der Waals surface area contributed by atoms with Crippen molar-refractivity contribution >= 4 is 23.3 Å². The number of benzene rings is 2. The van der Waals surface area contributed by atoms with E-state index in [2.05, 4.69) is 10.3 Å². The summed E-state index contributed by atoms with van der Waals surface area (Å²) in [5.74, 6) is -0.0891. The van der Waals surface area contributed by atoms with Crippen molar-refractivity contribution in [1.29, 1.82) is 0 Å². The van der Waals surface area contributed by atoms with Crippen molar-refractivity contribution in [3.8, 4) is 5.75 Å². The van der Waals surface area contributed by atoms with Crippen LogP contribution in [0, 0.1) is 0 Å². The minimum absolute atomic E-state index is 0.0656. The molecule has 0 fully saturated rings. The predicted molar refractivity (Wildman–Crippen MR) is 129 cm³/mol. The number of methoxy groups -OCH3 is 1. The van der Waals surface area contributed by atoms with Crippen molar-refractivity contribution in [2.75, 3.05) is 31.3 Å². The van der Waals surface area contributed by atoms with Crippen LogP contribution in [0.3, 0.4) is 0 Å². The van der Waals surface area contributed by atoms with E-state index < -0.39 is 11.2 Å². The number of hydrogen-bond donors (Lipinski definition) is 3. The van der Waals surface area contributed by atoms with Gasteiger partial charge in [-0.3, -0.25) is 23.9 Å². The van der Waals surface area contributed by atoms with Crippen LogP contribution < -0.4 is 31.9 Å². The molecular weight excluding hydrogens is 438 g/mol. The number of ether oxygens (including phenoxy) is 1. The fourth-order valence-corrected chi connectivity index (χ4v) is 3.40. The maximum absolute atomic E-state index is 12.7. The fraction of sp³-hybridized carbons (Fsp3) is 0.250. The summed E-state index contributed by atoms with van der Waals surface area (Å²) in [6.45, 7) is 0.415. The van der Waals surface area contributed by atoms with Crippen LogP contribution in [0.4, 0.5) is 11.5 Å². The number of nitrogens with two attached hydrogens (primary N) is 1. The van der Waals surface area contributed by atoms with Gasteiger partial charge < -0.3 is 20.7 Å². The lowest BCUT2D eigenvalue weighted by Crippen LogP contribution is -2.39. The van der Waals surface area contributed by atoms with E-state index in [1.54, 1.807) is 31.4 Å². The molecule has 3 aromatic rings. The van der Waals surface area contributed by atoms with Crippen molar-refractivity contribution in [3.05, 3.63) is 86.6 Å². The first-order valence-electron chi connectivity index (χ1n) is 10.7. The second-order valence-corrected chi connectivity index (χ2v) is 7.61. The summed E-state index contributed by atoms with van der Waals surface area (Å²) < 4.78 is 6.28. The number of rotatable bonds is 9. The first kappa shape index (κ1) is 24.3. The fourth-order valence-electron chi connectivity index (χ4n) is 3.40. The van der Waals surface area contributed by atoms with Crippen LogP contribution in [0.15, 0.2) is 64.2 Å². The lowest BCUT2D eigenvalue weighted by atomic mass is 10.2. The van der Waals surface area contributed by atoms with E-state index in [1.165, 1.54) is 11.6 Å². The monoisotopic (exact) mass is 465 g/mol. The SMILES string of the molecule is COc1ccc(C(=O)NCCCC(=O)N(C)c2c(N)n(Cc3ccccc3)c(=O)[nH]c2=O)cc1. The number of nitrogens with one attached hydrogen (secondary N) is 2. The third-order valence-corrected chi connectivity index (χ3v) is 5.31. The number of carbonyl (C=O) groups is 2. The maximum atomic E-state index is 12.7. The van der Waals surface area contributed by atoms with Gasteiger partial charge in [-0.1, -0.05) is 30.3 Å². The summed E-state index contributed by atoms with van der Waals surface area (Å²) in [4.78, 5) is 53.0. The lowest BCUT2D eigenvalue weighted by molar-refractivity contribution is -0.118. The number of amides is 2. The third-order valence-electron chi connectivity index (χ3n) is 5.31.